The van der Waals surface area contributed by atoms with Gasteiger partial charge in [-0.15, -0.1) is 11.8 Å². The lowest BCUT2D eigenvalue weighted by atomic mass is 10.00. The third kappa shape index (κ3) is 8.74. The van der Waals surface area contributed by atoms with E-state index in [1.165, 1.54) is 60.7 Å². The van der Waals surface area contributed by atoms with Gasteiger partial charge in [0.05, 0.1) is 24.1 Å². The van der Waals surface area contributed by atoms with E-state index in [2.05, 4.69) is 0 Å². The summed E-state index contributed by atoms with van der Waals surface area (Å²) in [5, 5.41) is -0.477. The number of hydrogen-bond acceptors (Lipinski definition) is 5. The van der Waals surface area contributed by atoms with Gasteiger partial charge in [-0.2, -0.15) is 13.2 Å². The summed E-state index contributed by atoms with van der Waals surface area (Å²) in [7, 11) is 0.974. The fraction of sp³-hybridized carbons (Fsp3) is 0.300. The molecule has 4 aromatic carbocycles. The Kier molecular flexibility index (Phi) is 7.56. The van der Waals surface area contributed by atoms with E-state index in [1.54, 1.807) is 0 Å². The Labute approximate surface area is 321 Å². The zero-order valence-corrected chi connectivity index (χ0v) is 28.0. The first-order chi connectivity index (χ1) is 29.9. The molecule has 0 atom stereocenters. The van der Waals surface area contributed by atoms with E-state index in [1.807, 2.05) is 0 Å². The van der Waals surface area contributed by atoms with Crippen molar-refractivity contribution in [3.63, 3.8) is 0 Å². The predicted octanol–water partition coefficient (Wildman–Crippen LogP) is 8.40. The summed E-state index contributed by atoms with van der Waals surface area (Å²) in [6.07, 6.45) is -12.8. The number of pyridine rings is 1. The Hall–Kier alpha value is -4.52. The number of amides is 1. The zero-order valence-electron chi connectivity index (χ0n) is 40.2. The molecular formula is C40H38F5N3O3S. The van der Waals surface area contributed by atoms with Crippen molar-refractivity contribution in [1.82, 2.24) is 14.4 Å². The molecule has 0 saturated carbocycles. The van der Waals surface area contributed by atoms with Crippen LogP contribution in [0.2, 0.25) is 0 Å². The summed E-state index contributed by atoms with van der Waals surface area (Å²) in [4.78, 5) is 28.4. The van der Waals surface area contributed by atoms with E-state index in [4.69, 9.17) is 15.7 Å². The molecule has 0 aliphatic carbocycles. The van der Waals surface area contributed by atoms with E-state index < -0.39 is 109 Å². The molecule has 6 rings (SSSR count). The maximum Gasteiger partial charge on any atom is 0.416 e. The highest BCUT2D eigenvalue weighted by Gasteiger charge is 2.31. The number of para-hydroxylation sites is 1. The molecule has 52 heavy (non-hydrogen) atoms. The summed E-state index contributed by atoms with van der Waals surface area (Å²) in [6, 6.07) is 14.5. The molecule has 2 heterocycles. The normalized spacial score (nSPS) is 22.9. The molecule has 1 aliphatic heterocycles. The Bertz CT molecular complexity index is 2640. The molecule has 5 aromatic rings. The van der Waals surface area contributed by atoms with Crippen molar-refractivity contribution in [2.45, 2.75) is 48.8 Å². The highest BCUT2D eigenvalue weighted by Crippen LogP contribution is 2.32. The van der Waals surface area contributed by atoms with Gasteiger partial charge in [0.15, 0.2) is 17.1 Å². The molecule has 12 heteroatoms. The number of alkyl halides is 3. The molecule has 0 N–H and O–H groups in total. The Morgan fingerprint density at radius 1 is 0.981 bits per heavy atom. The van der Waals surface area contributed by atoms with Gasteiger partial charge in [-0.1, -0.05) is 60.7 Å². The SMILES string of the molecule is [2H]C([2H])(Sc1cc(=O)c2ccccc2n1CC(=O)N(Cc1ccc(-c2ccc(C(F)(F)F)cc2)cc1)C1([2H])C([2H])([2H])C([2H])([2H])N(C([2H])([2H])COC)C([2H])([2H])C1([2H])[2H])c1cccc(F)c1F. The molecule has 0 bridgehead atoms. The second kappa shape index (κ2) is 16.4. The van der Waals surface area contributed by atoms with E-state index in [0.717, 1.165) is 48.1 Å². The average Bonchev–Trinajstić information content (AvgIpc) is 3.20. The van der Waals surface area contributed by atoms with Gasteiger partial charge in [0.2, 0.25) is 5.91 Å². The quantitative estimate of drug-likeness (QED) is 0.0949. The molecule has 272 valence electrons. The van der Waals surface area contributed by atoms with E-state index in [-0.39, 0.29) is 38.0 Å². The van der Waals surface area contributed by atoms with Crippen molar-refractivity contribution in [2.24, 2.45) is 0 Å². The minimum absolute atomic E-state index is 0.0252. The van der Waals surface area contributed by atoms with Crippen molar-refractivity contribution in [3.05, 3.63) is 136 Å². The van der Waals surface area contributed by atoms with E-state index in [9.17, 15) is 29.2 Å². The van der Waals surface area contributed by atoms with Crippen LogP contribution in [-0.2, 0) is 34.5 Å². The molecule has 1 saturated heterocycles. The number of halogens is 5. The molecule has 0 radical (unpaired) electrons. The van der Waals surface area contributed by atoms with Crippen LogP contribution in [0, 0.1) is 11.6 Å². The van der Waals surface area contributed by atoms with Gasteiger partial charge < -0.3 is 19.1 Å². The first kappa shape index (κ1) is 23.9. The topological polar surface area (TPSA) is 54.8 Å². The molecule has 1 aliphatic rings. The number of thioether (sulfide) groups is 1. The summed E-state index contributed by atoms with van der Waals surface area (Å²) in [5.74, 6) is -4.41. The first-order valence-electron chi connectivity index (χ1n) is 22.0. The van der Waals surface area contributed by atoms with Crippen LogP contribution in [0.25, 0.3) is 22.0 Å². The van der Waals surface area contributed by atoms with Crippen LogP contribution in [-0.4, -0.2) is 59.5 Å². The number of nitrogens with zero attached hydrogens (tertiary/aromatic N) is 3. The third-order valence-corrected chi connectivity index (χ3v) is 8.71. The predicted molar refractivity (Wildman–Crippen MR) is 193 cm³/mol. The van der Waals surface area contributed by atoms with Gasteiger partial charge in [-0.05, 0) is 59.8 Å². The number of carbonyl (C=O) groups excluding carboxylic acids is 1. The highest BCUT2D eigenvalue weighted by atomic mass is 32.2. The van der Waals surface area contributed by atoms with Gasteiger partial charge >= 0.3 is 6.18 Å². The van der Waals surface area contributed by atoms with Crippen LogP contribution in [0.5, 0.6) is 0 Å². The van der Waals surface area contributed by atoms with Crippen LogP contribution >= 0.6 is 11.8 Å². The average molecular weight is 749 g/mol. The maximum atomic E-state index is 15.1. The number of fused-ring (bicyclic) bond motifs is 1. The monoisotopic (exact) mass is 748 g/mol. The fourth-order valence-corrected chi connectivity index (χ4v) is 6.02. The smallest absolute Gasteiger partial charge is 0.383 e. The fourth-order valence-electron chi connectivity index (χ4n) is 5.21. The molecule has 6 nitrogen and oxygen atoms in total. The molecule has 1 amide bonds. The number of carbonyl (C=O) groups is 1. The van der Waals surface area contributed by atoms with E-state index >= 15 is 9.18 Å². The highest BCUT2D eigenvalue weighted by molar-refractivity contribution is 7.98. The lowest BCUT2D eigenvalue weighted by Crippen LogP contribution is -2.48. The Morgan fingerprint density at radius 3 is 2.33 bits per heavy atom. The van der Waals surface area contributed by atoms with Gasteiger partial charge in [0.25, 0.3) is 0 Å². The van der Waals surface area contributed by atoms with Crippen molar-refractivity contribution >= 4 is 28.6 Å². The van der Waals surface area contributed by atoms with Gasteiger partial charge in [0, 0.05) is 78.3 Å². The summed E-state index contributed by atoms with van der Waals surface area (Å²) < 4.78 is 192. The molecule has 1 aromatic heterocycles. The van der Waals surface area contributed by atoms with Gasteiger partial charge in [-0.3, -0.25) is 9.59 Å². The van der Waals surface area contributed by atoms with Crippen LogP contribution < -0.4 is 5.43 Å². The van der Waals surface area contributed by atoms with Crippen LogP contribution in [0.15, 0.2) is 107 Å². The second-order valence-corrected chi connectivity index (χ2v) is 12.1. The van der Waals surface area contributed by atoms with E-state index in [0.29, 0.717) is 11.1 Å². The standard InChI is InChI=1S/C40H38F5N3O3S/c1-51-22-21-46-19-17-32(18-20-46)47(24-27-9-11-28(12-10-27)29-13-15-31(16-14-29)40(43,44)45)37(50)25-48-35-8-3-2-6-33(35)36(49)23-38(48)52-26-30-5-4-7-34(41)39(30)42/h2-16,23,32H,17-22,24-26H2,1H3/i17D2,18D2,19D2,20D2,21D2,26D2,32D. The molecule has 0 spiro atoms. The van der Waals surface area contributed by atoms with Crippen molar-refractivity contribution < 1.29 is 49.3 Å². The van der Waals surface area contributed by atoms with Gasteiger partial charge in [0.1, 0.15) is 6.54 Å². The minimum Gasteiger partial charge on any atom is -0.383 e. The van der Waals surface area contributed by atoms with Crippen LogP contribution in [0.4, 0.5) is 22.0 Å². The Morgan fingerprint density at radius 2 is 1.65 bits per heavy atom. The van der Waals surface area contributed by atoms with Crippen molar-refractivity contribution in [1.29, 1.82) is 0 Å². The number of aromatic nitrogens is 1. The number of methoxy groups -OCH3 is 1. The minimum atomic E-state index is -4.62. The number of ether oxygens (including phenoxy) is 1. The largest absolute Gasteiger partial charge is 0.416 e. The number of likely N-dealkylation sites (tertiary alicyclic amines) is 1. The Balaban J connectivity index is 1.54. The second-order valence-electron chi connectivity index (χ2n) is 11.3. The molecular weight excluding hydrogens is 698 g/mol. The number of benzene rings is 4. The van der Waals surface area contributed by atoms with Crippen LogP contribution in [0.3, 0.4) is 0 Å². The molecule has 1 fully saturated rings. The molecule has 0 unspecified atom stereocenters. The summed E-state index contributed by atoms with van der Waals surface area (Å²) in [5.41, 5.74) is -4.80. The zero-order chi connectivity index (χ0) is 48.5. The maximum absolute atomic E-state index is 15.1. The number of hydrogen-bond donors (Lipinski definition) is 0. The number of piperidine rings is 1. The lowest BCUT2D eigenvalue weighted by molar-refractivity contribution is -0.137. The summed E-state index contributed by atoms with van der Waals surface area (Å²) in [6.45, 7) is -14.5. The van der Waals surface area contributed by atoms with Crippen LogP contribution in [0.1, 0.15) is 47.3 Å². The van der Waals surface area contributed by atoms with Crippen molar-refractivity contribution in [3.8, 4) is 11.1 Å². The number of rotatable bonds is 12. The first-order valence-corrected chi connectivity index (χ1v) is 16.3. The van der Waals surface area contributed by atoms with Crippen molar-refractivity contribution in [2.75, 3.05) is 33.2 Å². The lowest BCUT2D eigenvalue weighted by Gasteiger charge is -2.39. The summed E-state index contributed by atoms with van der Waals surface area (Å²) >= 11 is 0.159. The third-order valence-electron chi connectivity index (χ3n) is 7.84. The van der Waals surface area contributed by atoms with Gasteiger partial charge in [-0.25, -0.2) is 8.78 Å².